The van der Waals surface area contributed by atoms with E-state index in [4.69, 9.17) is 40.9 Å². The van der Waals surface area contributed by atoms with Gasteiger partial charge in [-0.2, -0.15) is 0 Å². The SMILES string of the molecule is O=C(O)CC(O)(CC(=O)O)C(=O)O.O=C(O)CC(O)(CC(=O)O)C(=O)O.[Fe].[NaH]. The van der Waals surface area contributed by atoms with E-state index in [-0.39, 0.29) is 46.6 Å². The zero-order valence-corrected chi connectivity index (χ0v) is 14.3. The van der Waals surface area contributed by atoms with Crippen molar-refractivity contribution in [3.8, 4) is 0 Å². The van der Waals surface area contributed by atoms with Crippen molar-refractivity contribution in [2.45, 2.75) is 36.9 Å². The van der Waals surface area contributed by atoms with Gasteiger partial charge < -0.3 is 40.9 Å². The van der Waals surface area contributed by atoms with E-state index in [9.17, 15) is 28.8 Å². The van der Waals surface area contributed by atoms with Gasteiger partial charge in [0.2, 0.25) is 0 Å². The number of hydrogen-bond donors (Lipinski definition) is 8. The van der Waals surface area contributed by atoms with Crippen molar-refractivity contribution in [2.24, 2.45) is 0 Å². The van der Waals surface area contributed by atoms with Crippen molar-refractivity contribution in [1.82, 2.24) is 0 Å². The molecule has 0 atom stereocenters. The molecule has 0 heterocycles. The van der Waals surface area contributed by atoms with Gasteiger partial charge >= 0.3 is 65.4 Å². The average Bonchev–Trinajstić information content (AvgIpc) is 2.34. The maximum atomic E-state index is 10.3. The summed E-state index contributed by atoms with van der Waals surface area (Å²) in [5, 5.41) is 67.6. The molecule has 0 bridgehead atoms. The summed E-state index contributed by atoms with van der Waals surface area (Å²) in [7, 11) is 0. The molecular weight excluding hydrogens is 447 g/mol. The molecule has 0 aliphatic carbocycles. The van der Waals surface area contributed by atoms with Gasteiger partial charge in [0.25, 0.3) is 0 Å². The number of aliphatic carboxylic acids is 6. The van der Waals surface area contributed by atoms with E-state index in [1.165, 1.54) is 0 Å². The minimum absolute atomic E-state index is 0. The summed E-state index contributed by atoms with van der Waals surface area (Å²) in [6.07, 6.45) is -4.58. The molecule has 0 aromatic carbocycles. The number of aliphatic hydroxyl groups is 2. The summed E-state index contributed by atoms with van der Waals surface area (Å²) in [4.78, 5) is 61.0. The third-order valence-electron chi connectivity index (χ3n) is 2.57. The summed E-state index contributed by atoms with van der Waals surface area (Å²) < 4.78 is 0. The van der Waals surface area contributed by atoms with Crippen LogP contribution in [0.4, 0.5) is 0 Å². The van der Waals surface area contributed by atoms with Crippen LogP contribution < -0.4 is 0 Å². The first kappa shape index (κ1) is 33.8. The van der Waals surface area contributed by atoms with Crippen LogP contribution in [0.2, 0.25) is 0 Å². The number of hydrogen-bond acceptors (Lipinski definition) is 8. The molecule has 0 fully saturated rings. The second-order valence-corrected chi connectivity index (χ2v) is 4.96. The zero-order valence-electron chi connectivity index (χ0n) is 13.2. The van der Waals surface area contributed by atoms with Crippen LogP contribution in [0.3, 0.4) is 0 Å². The van der Waals surface area contributed by atoms with Gasteiger partial charge in [-0.1, -0.05) is 0 Å². The summed E-state index contributed by atoms with van der Waals surface area (Å²) >= 11 is 0. The minimum atomic E-state index is -2.74. The van der Waals surface area contributed by atoms with E-state index in [2.05, 4.69) is 0 Å². The molecular formula is C12H17FeNaO14. The molecule has 0 radical (unpaired) electrons. The Balaban J connectivity index is -0.000000192. The van der Waals surface area contributed by atoms with Gasteiger partial charge in [-0.05, 0) is 0 Å². The van der Waals surface area contributed by atoms with Gasteiger partial charge in [-0.3, -0.25) is 19.2 Å². The van der Waals surface area contributed by atoms with Crippen LogP contribution in [0.25, 0.3) is 0 Å². The average molecular weight is 464 g/mol. The van der Waals surface area contributed by atoms with Crippen molar-refractivity contribution in [3.05, 3.63) is 0 Å². The second kappa shape index (κ2) is 14.3. The van der Waals surface area contributed by atoms with Gasteiger partial charge in [-0.15, -0.1) is 0 Å². The van der Waals surface area contributed by atoms with Crippen LogP contribution in [-0.4, -0.2) is 117 Å². The van der Waals surface area contributed by atoms with E-state index in [0.29, 0.717) is 0 Å². The van der Waals surface area contributed by atoms with Crippen LogP contribution >= 0.6 is 0 Å². The van der Waals surface area contributed by atoms with Crippen LogP contribution in [0.1, 0.15) is 25.7 Å². The Labute approximate surface area is 188 Å². The fourth-order valence-electron chi connectivity index (χ4n) is 1.43. The van der Waals surface area contributed by atoms with Crippen LogP contribution in [-0.2, 0) is 45.8 Å². The fraction of sp³-hybridized carbons (Fsp3) is 0.500. The molecule has 0 aliphatic heterocycles. The first-order valence-electron chi connectivity index (χ1n) is 6.34. The van der Waals surface area contributed by atoms with Crippen LogP contribution in [0, 0.1) is 0 Å². The van der Waals surface area contributed by atoms with E-state index < -0.39 is 72.7 Å². The van der Waals surface area contributed by atoms with Crippen molar-refractivity contribution in [1.29, 1.82) is 0 Å². The monoisotopic (exact) mass is 464 g/mol. The Morgan fingerprint density at radius 3 is 0.714 bits per heavy atom. The van der Waals surface area contributed by atoms with E-state index in [0.717, 1.165) is 0 Å². The molecule has 0 spiro atoms. The Morgan fingerprint density at radius 1 is 0.500 bits per heavy atom. The van der Waals surface area contributed by atoms with Gasteiger partial charge in [0.1, 0.15) is 0 Å². The predicted octanol–water partition coefficient (Wildman–Crippen LogP) is -3.15. The molecule has 0 saturated carbocycles. The third kappa shape index (κ3) is 14.3. The summed E-state index contributed by atoms with van der Waals surface area (Å²) in [6, 6.07) is 0. The fourth-order valence-corrected chi connectivity index (χ4v) is 1.43. The zero-order chi connectivity index (χ0) is 21.3. The van der Waals surface area contributed by atoms with Crippen molar-refractivity contribution in [3.63, 3.8) is 0 Å². The van der Waals surface area contributed by atoms with Gasteiger partial charge in [-0.25, -0.2) is 9.59 Å². The Kier molecular flexibility index (Phi) is 17.3. The normalized spacial score (nSPS) is 10.1. The number of carboxylic acids is 6. The standard InChI is InChI=1S/2C6H8O7.Fe.Na.H/c2*7-3(8)1-6(13,5(11)12)2-4(9)10;;;/h2*13H,1-2H2,(H,7,8)(H,9,10)(H,11,12);;;. The molecule has 0 rings (SSSR count). The maximum absolute atomic E-state index is 10.3. The summed E-state index contributed by atoms with van der Waals surface area (Å²) in [5.74, 6) is -10.0. The molecule has 0 aromatic heterocycles. The molecule has 0 saturated heterocycles. The molecule has 0 unspecified atom stereocenters. The van der Waals surface area contributed by atoms with Crippen molar-refractivity contribution < 1.29 is 86.7 Å². The molecule has 28 heavy (non-hydrogen) atoms. The molecule has 14 nitrogen and oxygen atoms in total. The third-order valence-corrected chi connectivity index (χ3v) is 2.57. The van der Waals surface area contributed by atoms with Crippen LogP contribution in [0.15, 0.2) is 0 Å². The second-order valence-electron chi connectivity index (χ2n) is 4.96. The van der Waals surface area contributed by atoms with Crippen molar-refractivity contribution >= 4 is 65.4 Å². The quantitative estimate of drug-likeness (QED) is 0.149. The Bertz CT molecular complexity index is 519. The molecule has 158 valence electrons. The van der Waals surface area contributed by atoms with E-state index in [1.54, 1.807) is 0 Å². The molecule has 0 aromatic rings. The number of rotatable bonds is 10. The molecule has 0 aliphatic rings. The van der Waals surface area contributed by atoms with Crippen molar-refractivity contribution in [2.75, 3.05) is 0 Å². The summed E-state index contributed by atoms with van der Waals surface area (Å²) in [6.45, 7) is 0. The Hall–Kier alpha value is -1.74. The summed E-state index contributed by atoms with van der Waals surface area (Å²) in [5.41, 5.74) is -5.48. The number of carboxylic acid groups (broad SMARTS) is 6. The molecule has 0 amide bonds. The van der Waals surface area contributed by atoms with E-state index >= 15 is 0 Å². The van der Waals surface area contributed by atoms with Crippen LogP contribution in [0.5, 0.6) is 0 Å². The predicted molar refractivity (Wildman–Crippen MR) is 81.3 cm³/mol. The van der Waals surface area contributed by atoms with Gasteiger partial charge in [0.15, 0.2) is 11.2 Å². The Morgan fingerprint density at radius 2 is 0.643 bits per heavy atom. The number of carbonyl (C=O) groups is 6. The molecule has 8 N–H and O–H groups in total. The first-order chi connectivity index (χ1) is 11.6. The topological polar surface area (TPSA) is 264 Å². The molecule has 16 heteroatoms. The van der Waals surface area contributed by atoms with Gasteiger partial charge in [0, 0.05) is 17.1 Å². The first-order valence-corrected chi connectivity index (χ1v) is 6.34. The van der Waals surface area contributed by atoms with E-state index in [1.807, 2.05) is 0 Å². The van der Waals surface area contributed by atoms with Gasteiger partial charge in [0.05, 0.1) is 25.7 Å².